The van der Waals surface area contributed by atoms with Gasteiger partial charge in [-0.15, -0.1) is 11.3 Å². The molecule has 1 saturated heterocycles. The van der Waals surface area contributed by atoms with E-state index in [1.807, 2.05) is 29.7 Å². The molecule has 3 aromatic heterocycles. The van der Waals surface area contributed by atoms with Crippen LogP contribution in [0.25, 0.3) is 21.6 Å². The summed E-state index contributed by atoms with van der Waals surface area (Å²) in [6.07, 6.45) is 9.80. The van der Waals surface area contributed by atoms with Gasteiger partial charge in [0.15, 0.2) is 5.82 Å². The Hall–Kier alpha value is -2.05. The van der Waals surface area contributed by atoms with Crippen molar-refractivity contribution in [2.24, 2.45) is 0 Å². The molecule has 1 fully saturated rings. The van der Waals surface area contributed by atoms with Crippen LogP contribution in [0.2, 0.25) is 0 Å². The van der Waals surface area contributed by atoms with Crippen molar-refractivity contribution < 1.29 is 4.74 Å². The van der Waals surface area contributed by atoms with Crippen molar-refractivity contribution in [3.05, 3.63) is 35.0 Å². The van der Waals surface area contributed by atoms with Crippen LogP contribution in [0.5, 0.6) is 0 Å². The molecule has 4 heterocycles. The first-order chi connectivity index (χ1) is 13.3. The van der Waals surface area contributed by atoms with Gasteiger partial charge in [0.25, 0.3) is 0 Å². The second-order valence-electron chi connectivity index (χ2n) is 7.32. The summed E-state index contributed by atoms with van der Waals surface area (Å²) in [5.41, 5.74) is 2.47. The highest BCUT2D eigenvalue weighted by Crippen LogP contribution is 2.42. The Morgan fingerprint density at radius 3 is 3.07 bits per heavy atom. The fourth-order valence-corrected chi connectivity index (χ4v) is 5.59. The van der Waals surface area contributed by atoms with Gasteiger partial charge >= 0.3 is 0 Å². The number of ether oxygens (including phenoxy) is 1. The van der Waals surface area contributed by atoms with Crippen molar-refractivity contribution >= 4 is 27.4 Å². The van der Waals surface area contributed by atoms with Crippen LogP contribution in [-0.4, -0.2) is 40.8 Å². The van der Waals surface area contributed by atoms with E-state index in [4.69, 9.17) is 14.7 Å². The van der Waals surface area contributed by atoms with Crippen molar-refractivity contribution in [2.45, 2.75) is 45.1 Å². The highest BCUT2D eigenvalue weighted by Gasteiger charge is 2.28. The highest BCUT2D eigenvalue weighted by atomic mass is 32.1. The highest BCUT2D eigenvalue weighted by molar-refractivity contribution is 7.19. The third-order valence-electron chi connectivity index (χ3n) is 5.55. The zero-order chi connectivity index (χ0) is 18.2. The summed E-state index contributed by atoms with van der Waals surface area (Å²) in [7, 11) is 0. The molecule has 0 radical (unpaired) electrons. The lowest BCUT2D eigenvalue weighted by Crippen LogP contribution is -2.40. The van der Waals surface area contributed by atoms with Gasteiger partial charge in [-0.25, -0.2) is 9.97 Å². The molecule has 0 saturated carbocycles. The van der Waals surface area contributed by atoms with Gasteiger partial charge in [-0.2, -0.15) is 0 Å². The molecule has 140 valence electrons. The maximum absolute atomic E-state index is 5.94. The molecule has 1 aliphatic carbocycles. The zero-order valence-corrected chi connectivity index (χ0v) is 16.5. The first-order valence-electron chi connectivity index (χ1n) is 9.92. The predicted molar refractivity (Wildman–Crippen MR) is 110 cm³/mol. The van der Waals surface area contributed by atoms with E-state index in [-0.39, 0.29) is 0 Å². The number of fused-ring (bicyclic) bond motifs is 3. The molecule has 5 nitrogen and oxygen atoms in total. The second-order valence-corrected chi connectivity index (χ2v) is 8.40. The molecule has 6 heteroatoms. The monoisotopic (exact) mass is 380 g/mol. The topological polar surface area (TPSA) is 51.1 Å². The second kappa shape index (κ2) is 7.17. The van der Waals surface area contributed by atoms with Crippen LogP contribution in [-0.2, 0) is 17.6 Å². The van der Waals surface area contributed by atoms with E-state index in [0.29, 0.717) is 6.10 Å². The maximum Gasteiger partial charge on any atom is 0.164 e. The molecule has 1 atom stereocenters. The summed E-state index contributed by atoms with van der Waals surface area (Å²) in [5, 5.41) is 1.29. The SMILES string of the molecule is CCOC1CCCN(c2nc(-c3cccnc3)nc3sc4c(c23)CCC4)C1. The molecule has 3 aromatic rings. The van der Waals surface area contributed by atoms with Gasteiger partial charge in [0.05, 0.1) is 11.5 Å². The number of thiophene rings is 1. The van der Waals surface area contributed by atoms with Gasteiger partial charge in [-0.05, 0) is 56.7 Å². The number of anilines is 1. The van der Waals surface area contributed by atoms with Gasteiger partial charge in [0.2, 0.25) is 0 Å². The summed E-state index contributed by atoms with van der Waals surface area (Å²) in [4.78, 5) is 19.3. The van der Waals surface area contributed by atoms with Gasteiger partial charge in [-0.3, -0.25) is 4.98 Å². The number of hydrogen-bond acceptors (Lipinski definition) is 6. The fraction of sp³-hybridized carbons (Fsp3) is 0.476. The molecule has 0 spiro atoms. The number of aryl methyl sites for hydroxylation is 2. The number of aromatic nitrogens is 3. The first kappa shape index (κ1) is 17.1. The van der Waals surface area contributed by atoms with E-state index in [1.54, 1.807) is 6.20 Å². The van der Waals surface area contributed by atoms with Crippen molar-refractivity contribution in [3.8, 4) is 11.4 Å². The number of nitrogens with zero attached hydrogens (tertiary/aromatic N) is 4. The molecule has 27 heavy (non-hydrogen) atoms. The third kappa shape index (κ3) is 3.11. The van der Waals surface area contributed by atoms with E-state index in [0.717, 1.165) is 61.0 Å². The largest absolute Gasteiger partial charge is 0.377 e. The average molecular weight is 381 g/mol. The standard InChI is InChI=1S/C21H24N4OS/c1-2-26-15-7-5-11-25(13-15)20-18-16-8-3-9-17(16)27-21(18)24-19(23-20)14-6-4-10-22-12-14/h4,6,10,12,15H,2-3,5,7-9,11,13H2,1H3. The summed E-state index contributed by atoms with van der Waals surface area (Å²) >= 11 is 1.86. The van der Waals surface area contributed by atoms with E-state index >= 15 is 0 Å². The number of rotatable bonds is 4. The molecule has 2 aliphatic rings. The molecular weight excluding hydrogens is 356 g/mol. The average Bonchev–Trinajstić information content (AvgIpc) is 3.29. The summed E-state index contributed by atoms with van der Waals surface area (Å²) in [5.74, 6) is 1.88. The molecule has 0 bridgehead atoms. The van der Waals surface area contributed by atoms with E-state index in [9.17, 15) is 0 Å². The van der Waals surface area contributed by atoms with Crippen molar-refractivity contribution in [2.75, 3.05) is 24.6 Å². The molecule has 0 aromatic carbocycles. The van der Waals surface area contributed by atoms with E-state index in [2.05, 4.69) is 16.8 Å². The first-order valence-corrected chi connectivity index (χ1v) is 10.7. The molecule has 1 unspecified atom stereocenters. The molecular formula is C21H24N4OS. The molecule has 0 amide bonds. The Labute approximate surface area is 163 Å². The normalized spacial score (nSPS) is 19.6. The smallest absolute Gasteiger partial charge is 0.164 e. The fourth-order valence-electron chi connectivity index (χ4n) is 4.33. The minimum absolute atomic E-state index is 0.294. The van der Waals surface area contributed by atoms with Crippen LogP contribution >= 0.6 is 11.3 Å². The van der Waals surface area contributed by atoms with Crippen molar-refractivity contribution in [1.82, 2.24) is 15.0 Å². The number of hydrogen-bond donors (Lipinski definition) is 0. The van der Waals surface area contributed by atoms with Crippen LogP contribution in [0.3, 0.4) is 0 Å². The van der Waals surface area contributed by atoms with Gasteiger partial charge in [0, 0.05) is 42.5 Å². The summed E-state index contributed by atoms with van der Waals surface area (Å²) in [6.45, 7) is 4.80. The summed E-state index contributed by atoms with van der Waals surface area (Å²) in [6, 6.07) is 3.99. The van der Waals surface area contributed by atoms with Crippen LogP contribution < -0.4 is 4.90 Å². The Kier molecular flexibility index (Phi) is 4.53. The van der Waals surface area contributed by atoms with Crippen LogP contribution in [0.15, 0.2) is 24.5 Å². The van der Waals surface area contributed by atoms with Crippen LogP contribution in [0.1, 0.15) is 36.6 Å². The van der Waals surface area contributed by atoms with Crippen molar-refractivity contribution in [1.29, 1.82) is 0 Å². The predicted octanol–water partition coefficient (Wildman–Crippen LogP) is 4.25. The quantitative estimate of drug-likeness (QED) is 0.677. The molecule has 5 rings (SSSR count). The van der Waals surface area contributed by atoms with E-state index in [1.165, 1.54) is 28.7 Å². The zero-order valence-electron chi connectivity index (χ0n) is 15.6. The Morgan fingerprint density at radius 2 is 2.22 bits per heavy atom. The minimum Gasteiger partial charge on any atom is -0.377 e. The van der Waals surface area contributed by atoms with Crippen molar-refractivity contribution in [3.63, 3.8) is 0 Å². The lowest BCUT2D eigenvalue weighted by atomic mass is 10.1. The molecule has 1 aliphatic heterocycles. The van der Waals surface area contributed by atoms with Gasteiger partial charge in [-0.1, -0.05) is 0 Å². The lowest BCUT2D eigenvalue weighted by Gasteiger charge is -2.34. The van der Waals surface area contributed by atoms with Gasteiger partial charge in [0.1, 0.15) is 10.6 Å². The van der Waals surface area contributed by atoms with Crippen LogP contribution in [0.4, 0.5) is 5.82 Å². The Balaban J connectivity index is 1.64. The number of pyridine rings is 1. The van der Waals surface area contributed by atoms with E-state index < -0.39 is 0 Å². The molecule has 0 N–H and O–H groups in total. The van der Waals surface area contributed by atoms with Gasteiger partial charge < -0.3 is 9.64 Å². The minimum atomic E-state index is 0.294. The Morgan fingerprint density at radius 1 is 1.26 bits per heavy atom. The Bertz CT molecular complexity index is 954. The maximum atomic E-state index is 5.94. The summed E-state index contributed by atoms with van der Waals surface area (Å²) < 4.78 is 5.94. The number of piperidine rings is 1. The third-order valence-corrected chi connectivity index (χ3v) is 6.73. The van der Waals surface area contributed by atoms with Crippen LogP contribution in [0, 0.1) is 0 Å². The lowest BCUT2D eigenvalue weighted by molar-refractivity contribution is 0.0526.